The second kappa shape index (κ2) is 10.6. The number of hydrogen-bond acceptors (Lipinski definition) is 7. The Morgan fingerprint density at radius 2 is 1.89 bits per heavy atom. The van der Waals surface area contributed by atoms with Crippen molar-refractivity contribution >= 4 is 22.8 Å². The molecule has 35 heavy (non-hydrogen) atoms. The van der Waals surface area contributed by atoms with Gasteiger partial charge in [-0.05, 0) is 69.3 Å². The lowest BCUT2D eigenvalue weighted by Gasteiger charge is -2.27. The molecule has 0 aromatic heterocycles. The van der Waals surface area contributed by atoms with Crippen LogP contribution in [0.15, 0.2) is 23.2 Å². The molecule has 1 aromatic rings. The highest BCUT2D eigenvalue weighted by Crippen LogP contribution is 2.39. The number of nitrogens with one attached hydrogen (secondary N) is 1. The van der Waals surface area contributed by atoms with Gasteiger partial charge in [-0.3, -0.25) is 9.79 Å². The molecule has 0 radical (unpaired) electrons. The Balaban J connectivity index is 1.09. The molecule has 1 aliphatic carbocycles. The maximum atomic E-state index is 13.4. The number of rotatable bonds is 6. The molecular weight excluding hydrogens is 460 g/mol. The van der Waals surface area contributed by atoms with Crippen LogP contribution in [0, 0.1) is 5.92 Å². The smallest absolute Gasteiger partial charge is 0.225 e. The normalized spacial score (nSPS) is 29.1. The van der Waals surface area contributed by atoms with Crippen molar-refractivity contribution in [3.8, 4) is 11.5 Å². The molecule has 5 aliphatic rings. The molecule has 1 aromatic carbocycles. The Hall–Kier alpha value is -1.93. The molecule has 0 bridgehead atoms. The highest BCUT2D eigenvalue weighted by molar-refractivity contribution is 8.14. The van der Waals surface area contributed by atoms with E-state index in [0.29, 0.717) is 24.5 Å². The van der Waals surface area contributed by atoms with Gasteiger partial charge in [0.25, 0.3) is 0 Å². The first-order valence-corrected chi connectivity index (χ1v) is 14.5. The molecule has 4 heterocycles. The zero-order valence-electron chi connectivity index (χ0n) is 20.6. The van der Waals surface area contributed by atoms with Gasteiger partial charge < -0.3 is 24.6 Å². The van der Waals surface area contributed by atoms with Gasteiger partial charge >= 0.3 is 0 Å². The van der Waals surface area contributed by atoms with Crippen LogP contribution in [0.4, 0.5) is 0 Å². The molecule has 6 rings (SSSR count). The third-order valence-electron chi connectivity index (χ3n) is 8.14. The predicted molar refractivity (Wildman–Crippen MR) is 139 cm³/mol. The van der Waals surface area contributed by atoms with Crippen LogP contribution in [-0.4, -0.2) is 84.1 Å². The first-order chi connectivity index (χ1) is 17.2. The summed E-state index contributed by atoms with van der Waals surface area (Å²) in [6.07, 6.45) is 9.40. The lowest BCUT2D eigenvalue weighted by atomic mass is 9.96. The van der Waals surface area contributed by atoms with Gasteiger partial charge in [0.2, 0.25) is 5.91 Å². The van der Waals surface area contributed by atoms with Crippen LogP contribution < -0.4 is 14.8 Å². The van der Waals surface area contributed by atoms with Gasteiger partial charge in [-0.1, -0.05) is 30.7 Å². The van der Waals surface area contributed by atoms with E-state index >= 15 is 0 Å². The molecular formula is C27H38N4O3S. The van der Waals surface area contributed by atoms with Crippen LogP contribution in [-0.2, 0) is 11.2 Å². The fourth-order valence-corrected chi connectivity index (χ4v) is 7.65. The highest BCUT2D eigenvalue weighted by Gasteiger charge is 2.38. The Morgan fingerprint density at radius 3 is 2.74 bits per heavy atom. The van der Waals surface area contributed by atoms with Gasteiger partial charge in [-0.25, -0.2) is 0 Å². The molecule has 7 nitrogen and oxygen atoms in total. The van der Waals surface area contributed by atoms with Crippen molar-refractivity contribution in [2.24, 2.45) is 10.9 Å². The lowest BCUT2D eigenvalue weighted by molar-refractivity contribution is -0.125. The number of benzene rings is 1. The minimum absolute atomic E-state index is 0.0438. The van der Waals surface area contributed by atoms with Crippen molar-refractivity contribution in [2.75, 3.05) is 45.9 Å². The fourth-order valence-electron chi connectivity index (χ4n) is 6.23. The van der Waals surface area contributed by atoms with E-state index in [1.165, 1.54) is 49.3 Å². The van der Waals surface area contributed by atoms with Crippen LogP contribution in [0.2, 0.25) is 0 Å². The number of hydrogen-bond donors (Lipinski definition) is 1. The second-order valence-corrected chi connectivity index (χ2v) is 12.0. The van der Waals surface area contributed by atoms with Crippen molar-refractivity contribution in [3.63, 3.8) is 0 Å². The van der Waals surface area contributed by atoms with E-state index in [2.05, 4.69) is 27.2 Å². The van der Waals surface area contributed by atoms with Crippen molar-refractivity contribution in [1.29, 1.82) is 0 Å². The lowest BCUT2D eigenvalue weighted by Crippen LogP contribution is -2.47. The third kappa shape index (κ3) is 5.43. The Labute approximate surface area is 213 Å². The molecule has 3 unspecified atom stereocenters. The van der Waals surface area contributed by atoms with Crippen LogP contribution in [0.5, 0.6) is 11.5 Å². The average Bonchev–Trinajstić information content (AvgIpc) is 3.64. The van der Waals surface area contributed by atoms with E-state index in [1.54, 1.807) is 0 Å². The highest BCUT2D eigenvalue weighted by atomic mass is 32.2. The number of amides is 1. The molecule has 3 fully saturated rings. The van der Waals surface area contributed by atoms with Crippen LogP contribution >= 0.6 is 11.8 Å². The molecule has 190 valence electrons. The van der Waals surface area contributed by atoms with Gasteiger partial charge in [0.1, 0.15) is 13.2 Å². The minimum atomic E-state index is 0.0438. The number of likely N-dealkylation sites (tertiary alicyclic amines) is 2. The summed E-state index contributed by atoms with van der Waals surface area (Å²) >= 11 is 1.97. The first kappa shape index (κ1) is 23.5. The summed E-state index contributed by atoms with van der Waals surface area (Å²) < 4.78 is 11.5. The van der Waals surface area contributed by atoms with E-state index in [4.69, 9.17) is 14.5 Å². The predicted octanol–water partition coefficient (Wildman–Crippen LogP) is 3.32. The van der Waals surface area contributed by atoms with E-state index in [-0.39, 0.29) is 17.9 Å². The number of nitrogens with zero attached hydrogens (tertiary/aromatic N) is 3. The summed E-state index contributed by atoms with van der Waals surface area (Å²) in [4.78, 5) is 23.3. The monoisotopic (exact) mass is 498 g/mol. The van der Waals surface area contributed by atoms with Gasteiger partial charge in [0.15, 0.2) is 16.7 Å². The van der Waals surface area contributed by atoms with E-state index < -0.39 is 0 Å². The standard InChI is InChI=1S/C27H38N4O3S/c32-26(20-9-12-31(17-20)27-29-22-5-1-2-6-25(22)35-27)28-21(18-30-10-3-4-11-30)15-19-7-8-23-24(16-19)34-14-13-33-23/h7-8,16,20-22,25H,1-6,9-15,17-18H2,(H,28,32)/t20-,21?,22?,25?/m1/s1. The van der Waals surface area contributed by atoms with E-state index in [9.17, 15) is 4.79 Å². The summed E-state index contributed by atoms with van der Waals surface area (Å²) in [6.45, 7) is 6.11. The zero-order chi connectivity index (χ0) is 23.6. The average molecular weight is 499 g/mol. The summed E-state index contributed by atoms with van der Waals surface area (Å²) in [5.41, 5.74) is 1.19. The minimum Gasteiger partial charge on any atom is -0.486 e. The number of carbonyl (C=O) groups excluding carboxylic acids is 1. The number of thioether (sulfide) groups is 1. The molecule has 4 aliphatic heterocycles. The number of aliphatic imine (C=N–C) groups is 1. The molecule has 4 atom stereocenters. The molecule has 1 saturated carbocycles. The maximum absolute atomic E-state index is 13.4. The topological polar surface area (TPSA) is 66.4 Å². The summed E-state index contributed by atoms with van der Waals surface area (Å²) in [7, 11) is 0. The summed E-state index contributed by atoms with van der Waals surface area (Å²) in [6, 6.07) is 6.81. The van der Waals surface area contributed by atoms with Crippen LogP contribution in [0.25, 0.3) is 0 Å². The SMILES string of the molecule is O=C(NC(Cc1ccc2c(c1)OCCO2)CN1CCCC1)[C@@H]1CCN(C2=NC3CCCCC3S2)C1. The maximum Gasteiger partial charge on any atom is 0.225 e. The van der Waals surface area contributed by atoms with E-state index in [0.717, 1.165) is 57.1 Å². The Bertz CT molecular complexity index is 950. The largest absolute Gasteiger partial charge is 0.486 e. The quantitative estimate of drug-likeness (QED) is 0.649. The third-order valence-corrected chi connectivity index (χ3v) is 9.57. The fraction of sp³-hybridized carbons (Fsp3) is 0.704. The second-order valence-electron chi connectivity index (χ2n) is 10.7. The Kier molecular flexibility index (Phi) is 7.10. The number of fused-ring (bicyclic) bond motifs is 2. The van der Waals surface area contributed by atoms with Gasteiger partial charge in [-0.15, -0.1) is 0 Å². The number of carbonyl (C=O) groups is 1. The Morgan fingerprint density at radius 1 is 1.06 bits per heavy atom. The van der Waals surface area contributed by atoms with Gasteiger partial charge in [0.05, 0.1) is 12.0 Å². The van der Waals surface area contributed by atoms with Gasteiger partial charge in [-0.2, -0.15) is 0 Å². The van der Waals surface area contributed by atoms with Crippen LogP contribution in [0.1, 0.15) is 50.5 Å². The summed E-state index contributed by atoms with van der Waals surface area (Å²) in [5.74, 6) is 1.89. The van der Waals surface area contributed by atoms with E-state index in [1.807, 2.05) is 17.8 Å². The van der Waals surface area contributed by atoms with Crippen LogP contribution in [0.3, 0.4) is 0 Å². The van der Waals surface area contributed by atoms with Crippen molar-refractivity contribution < 1.29 is 14.3 Å². The van der Waals surface area contributed by atoms with Crippen molar-refractivity contribution in [2.45, 2.75) is 68.7 Å². The molecule has 2 saturated heterocycles. The first-order valence-electron chi connectivity index (χ1n) is 13.6. The number of ether oxygens (including phenoxy) is 2. The number of amidine groups is 1. The molecule has 8 heteroatoms. The van der Waals surface area contributed by atoms with Crippen molar-refractivity contribution in [3.05, 3.63) is 23.8 Å². The summed E-state index contributed by atoms with van der Waals surface area (Å²) in [5, 5.41) is 5.31. The molecule has 1 N–H and O–H groups in total. The van der Waals surface area contributed by atoms with Gasteiger partial charge in [0, 0.05) is 30.9 Å². The zero-order valence-corrected chi connectivity index (χ0v) is 21.4. The van der Waals surface area contributed by atoms with Crippen molar-refractivity contribution in [1.82, 2.24) is 15.1 Å². The molecule has 0 spiro atoms. The molecule has 1 amide bonds.